The number of carboxylic acids is 1. The highest BCUT2D eigenvalue weighted by atomic mass is 16.4. The summed E-state index contributed by atoms with van der Waals surface area (Å²) in [5, 5.41) is 19.6. The van der Waals surface area contributed by atoms with Crippen LogP contribution in [-0.4, -0.2) is 39.7 Å². The number of hydrogen-bond acceptors (Lipinski definition) is 4. The van der Waals surface area contributed by atoms with Crippen molar-refractivity contribution < 1.29 is 19.8 Å². The van der Waals surface area contributed by atoms with Crippen molar-refractivity contribution in [2.24, 2.45) is 0 Å². The number of nitrogens with one attached hydrogen (secondary N) is 2. The van der Waals surface area contributed by atoms with Gasteiger partial charge in [0, 0.05) is 30.9 Å². The Morgan fingerprint density at radius 1 is 1.47 bits per heavy atom. The summed E-state index contributed by atoms with van der Waals surface area (Å²) in [5.74, 6) is -1.91. The van der Waals surface area contributed by atoms with E-state index in [2.05, 4.69) is 10.3 Å². The molecular formula is C10H12N2O5. The second kappa shape index (κ2) is 5.80. The van der Waals surface area contributed by atoms with Crippen molar-refractivity contribution in [1.29, 1.82) is 0 Å². The molecule has 92 valence electrons. The van der Waals surface area contributed by atoms with Crippen LogP contribution in [0.1, 0.15) is 16.8 Å². The first kappa shape index (κ1) is 12.9. The van der Waals surface area contributed by atoms with Crippen LogP contribution in [-0.2, 0) is 4.79 Å². The number of carbonyl (C=O) groups is 2. The lowest BCUT2D eigenvalue weighted by Crippen LogP contribution is -2.41. The molecule has 0 aromatic carbocycles. The van der Waals surface area contributed by atoms with Gasteiger partial charge in [0.1, 0.15) is 6.04 Å². The average Bonchev–Trinajstić information content (AvgIpc) is 2.28. The van der Waals surface area contributed by atoms with Crippen molar-refractivity contribution in [1.82, 2.24) is 10.3 Å². The maximum Gasteiger partial charge on any atom is 0.326 e. The zero-order valence-electron chi connectivity index (χ0n) is 8.84. The van der Waals surface area contributed by atoms with E-state index in [4.69, 9.17) is 10.2 Å². The van der Waals surface area contributed by atoms with E-state index in [1.54, 1.807) is 0 Å². The third kappa shape index (κ3) is 3.72. The Bertz CT molecular complexity index is 468. The van der Waals surface area contributed by atoms with E-state index >= 15 is 0 Å². The maximum absolute atomic E-state index is 11.6. The van der Waals surface area contributed by atoms with E-state index in [9.17, 15) is 14.4 Å². The molecule has 0 aliphatic carbocycles. The number of H-pyrrole nitrogens is 1. The van der Waals surface area contributed by atoms with E-state index in [0.717, 1.165) is 6.07 Å². The van der Waals surface area contributed by atoms with Crippen LogP contribution in [0.25, 0.3) is 0 Å². The number of aromatic nitrogens is 1. The predicted molar refractivity (Wildman–Crippen MR) is 57.7 cm³/mol. The SMILES string of the molecule is O=C(NC(CCO)C(=O)O)c1cc[nH]c(=O)c1. The van der Waals surface area contributed by atoms with Crippen molar-refractivity contribution >= 4 is 11.9 Å². The van der Waals surface area contributed by atoms with E-state index in [1.807, 2.05) is 0 Å². The predicted octanol–water partition coefficient (Wildman–Crippen LogP) is -1.06. The minimum Gasteiger partial charge on any atom is -0.480 e. The zero-order valence-corrected chi connectivity index (χ0v) is 8.84. The van der Waals surface area contributed by atoms with Gasteiger partial charge in [0.15, 0.2) is 0 Å². The molecule has 1 aromatic heterocycles. The minimum absolute atomic E-state index is 0.0675. The smallest absolute Gasteiger partial charge is 0.326 e. The highest BCUT2D eigenvalue weighted by Gasteiger charge is 2.19. The third-order valence-electron chi connectivity index (χ3n) is 2.06. The van der Waals surface area contributed by atoms with Gasteiger partial charge >= 0.3 is 5.97 Å². The molecule has 1 unspecified atom stereocenters. The number of aliphatic carboxylic acids is 1. The van der Waals surface area contributed by atoms with Gasteiger partial charge in [-0.15, -0.1) is 0 Å². The Balaban J connectivity index is 2.77. The molecule has 1 rings (SSSR count). The molecule has 0 aliphatic heterocycles. The summed E-state index contributed by atoms with van der Waals surface area (Å²) in [6, 6.07) is 1.24. The fraction of sp³-hybridized carbons (Fsp3) is 0.300. The molecule has 1 atom stereocenters. The number of carboxylic acid groups (broad SMARTS) is 1. The Labute approximate surface area is 96.1 Å². The topological polar surface area (TPSA) is 119 Å². The van der Waals surface area contributed by atoms with Gasteiger partial charge in [-0.1, -0.05) is 0 Å². The van der Waals surface area contributed by atoms with Crippen LogP contribution >= 0.6 is 0 Å². The average molecular weight is 240 g/mol. The van der Waals surface area contributed by atoms with E-state index < -0.39 is 23.5 Å². The van der Waals surface area contributed by atoms with Gasteiger partial charge in [-0.3, -0.25) is 9.59 Å². The van der Waals surface area contributed by atoms with E-state index in [1.165, 1.54) is 12.3 Å². The normalized spacial score (nSPS) is 11.8. The number of amides is 1. The van der Waals surface area contributed by atoms with Gasteiger partial charge in [0.25, 0.3) is 5.91 Å². The van der Waals surface area contributed by atoms with Crippen LogP contribution < -0.4 is 10.9 Å². The first-order valence-corrected chi connectivity index (χ1v) is 4.88. The molecule has 7 nitrogen and oxygen atoms in total. The summed E-state index contributed by atoms with van der Waals surface area (Å²) < 4.78 is 0. The fourth-order valence-electron chi connectivity index (χ4n) is 1.21. The maximum atomic E-state index is 11.6. The molecule has 1 aromatic rings. The van der Waals surface area contributed by atoms with Crippen LogP contribution in [0, 0.1) is 0 Å². The standard InChI is InChI=1S/C10H12N2O5/c13-4-2-7(10(16)17)12-9(15)6-1-3-11-8(14)5-6/h1,3,5,7,13H,2,4H2,(H,11,14)(H,12,15)(H,16,17). The molecule has 0 fully saturated rings. The second-order valence-corrected chi connectivity index (χ2v) is 3.32. The molecule has 1 heterocycles. The first-order valence-electron chi connectivity index (χ1n) is 4.88. The molecule has 17 heavy (non-hydrogen) atoms. The number of rotatable bonds is 5. The Hall–Kier alpha value is -2.15. The minimum atomic E-state index is -1.24. The number of carbonyl (C=O) groups excluding carboxylic acids is 1. The van der Waals surface area contributed by atoms with E-state index in [0.29, 0.717) is 0 Å². The lowest BCUT2D eigenvalue weighted by atomic mass is 10.2. The number of aliphatic hydroxyl groups excluding tert-OH is 1. The van der Waals surface area contributed by atoms with Crippen molar-refractivity contribution in [2.45, 2.75) is 12.5 Å². The summed E-state index contributed by atoms with van der Waals surface area (Å²) >= 11 is 0. The summed E-state index contributed by atoms with van der Waals surface area (Å²) in [4.78, 5) is 35.6. The van der Waals surface area contributed by atoms with Crippen LogP contribution in [0.15, 0.2) is 23.1 Å². The summed E-state index contributed by atoms with van der Waals surface area (Å²) in [6.07, 6.45) is 1.20. The molecule has 0 aliphatic rings. The van der Waals surface area contributed by atoms with Gasteiger partial charge in [-0.25, -0.2) is 4.79 Å². The lowest BCUT2D eigenvalue weighted by molar-refractivity contribution is -0.139. The molecule has 0 saturated heterocycles. The van der Waals surface area contributed by atoms with Gasteiger partial charge in [-0.2, -0.15) is 0 Å². The van der Waals surface area contributed by atoms with Crippen molar-refractivity contribution in [3.05, 3.63) is 34.2 Å². The Kier molecular flexibility index (Phi) is 4.41. The number of aliphatic hydroxyl groups is 1. The van der Waals surface area contributed by atoms with Crippen molar-refractivity contribution in [2.75, 3.05) is 6.61 Å². The molecule has 0 radical (unpaired) electrons. The zero-order chi connectivity index (χ0) is 12.8. The molecular weight excluding hydrogens is 228 g/mol. The number of hydrogen-bond donors (Lipinski definition) is 4. The Morgan fingerprint density at radius 3 is 2.71 bits per heavy atom. The molecule has 1 amide bonds. The number of pyridine rings is 1. The Morgan fingerprint density at radius 2 is 2.18 bits per heavy atom. The molecule has 0 spiro atoms. The van der Waals surface area contributed by atoms with Gasteiger partial charge in [0.05, 0.1) is 0 Å². The van der Waals surface area contributed by atoms with Crippen LogP contribution in [0.3, 0.4) is 0 Å². The van der Waals surface area contributed by atoms with Gasteiger partial charge in [0.2, 0.25) is 5.56 Å². The highest BCUT2D eigenvalue weighted by Crippen LogP contribution is 1.97. The van der Waals surface area contributed by atoms with Crippen LogP contribution in [0.4, 0.5) is 0 Å². The molecule has 7 heteroatoms. The summed E-state index contributed by atoms with van der Waals surface area (Å²) in [5.41, 5.74) is -0.385. The molecule has 4 N–H and O–H groups in total. The van der Waals surface area contributed by atoms with Crippen LogP contribution in [0.2, 0.25) is 0 Å². The molecule has 0 bridgehead atoms. The lowest BCUT2D eigenvalue weighted by Gasteiger charge is -2.12. The van der Waals surface area contributed by atoms with Gasteiger partial charge in [-0.05, 0) is 6.07 Å². The number of aromatic amines is 1. The summed E-state index contributed by atoms with van der Waals surface area (Å²) in [7, 11) is 0. The van der Waals surface area contributed by atoms with Gasteiger partial charge < -0.3 is 20.5 Å². The molecule has 0 saturated carbocycles. The van der Waals surface area contributed by atoms with Crippen molar-refractivity contribution in [3.8, 4) is 0 Å². The quantitative estimate of drug-likeness (QED) is 0.523. The fourth-order valence-corrected chi connectivity index (χ4v) is 1.21. The largest absolute Gasteiger partial charge is 0.480 e. The van der Waals surface area contributed by atoms with Crippen LogP contribution in [0.5, 0.6) is 0 Å². The monoisotopic (exact) mass is 240 g/mol. The van der Waals surface area contributed by atoms with E-state index in [-0.39, 0.29) is 18.6 Å². The highest BCUT2D eigenvalue weighted by molar-refractivity contribution is 5.96. The third-order valence-corrected chi connectivity index (χ3v) is 2.06. The first-order chi connectivity index (χ1) is 8.04. The second-order valence-electron chi connectivity index (χ2n) is 3.32. The van der Waals surface area contributed by atoms with Crippen molar-refractivity contribution in [3.63, 3.8) is 0 Å². The summed E-state index contributed by atoms with van der Waals surface area (Å²) in [6.45, 7) is -0.355.